The van der Waals surface area contributed by atoms with Crippen LogP contribution in [0.5, 0.6) is 0 Å². The lowest BCUT2D eigenvalue weighted by molar-refractivity contribution is -0.137. The van der Waals surface area contributed by atoms with Crippen molar-refractivity contribution in [1.29, 1.82) is 0 Å². The number of carbonyl (C=O) groups is 1. The molecule has 4 rings (SSSR count). The Labute approximate surface area is 181 Å². The third-order valence-electron chi connectivity index (χ3n) is 5.44. The molecule has 1 unspecified atom stereocenters. The van der Waals surface area contributed by atoms with Gasteiger partial charge in [-0.3, -0.25) is 13.9 Å². The van der Waals surface area contributed by atoms with Gasteiger partial charge in [0, 0.05) is 43.9 Å². The molecule has 4 heterocycles. The minimum atomic E-state index is -4.46. The van der Waals surface area contributed by atoms with Crippen molar-refractivity contribution in [1.82, 2.24) is 29.3 Å². The van der Waals surface area contributed by atoms with Gasteiger partial charge < -0.3 is 4.90 Å². The lowest BCUT2D eigenvalue weighted by atomic mass is 9.97. The van der Waals surface area contributed by atoms with Crippen LogP contribution in [0, 0.1) is 6.92 Å². The van der Waals surface area contributed by atoms with Crippen LogP contribution in [0.3, 0.4) is 0 Å². The van der Waals surface area contributed by atoms with Crippen LogP contribution in [0.4, 0.5) is 13.2 Å². The van der Waals surface area contributed by atoms with E-state index in [4.69, 9.17) is 11.6 Å². The third-order valence-corrected chi connectivity index (χ3v) is 5.89. The van der Waals surface area contributed by atoms with Gasteiger partial charge in [-0.15, -0.1) is 10.2 Å². The van der Waals surface area contributed by atoms with E-state index in [9.17, 15) is 18.0 Å². The molecule has 0 N–H and O–H groups in total. The zero-order chi connectivity index (χ0) is 22.3. The summed E-state index contributed by atoms with van der Waals surface area (Å²) in [7, 11) is 1.72. The van der Waals surface area contributed by atoms with Crippen molar-refractivity contribution in [2.75, 3.05) is 13.1 Å². The van der Waals surface area contributed by atoms with E-state index in [1.54, 1.807) is 24.9 Å². The molecule has 3 aromatic heterocycles. The van der Waals surface area contributed by atoms with Crippen molar-refractivity contribution < 1.29 is 18.0 Å². The SMILES string of the molecule is Cc1nn(C)c(Cl)c1/C=C/C(=O)N1CCCC(c2nnc3ccc(C(F)(F)F)cn23)C1. The Morgan fingerprint density at radius 3 is 2.74 bits per heavy atom. The van der Waals surface area contributed by atoms with E-state index in [1.807, 2.05) is 0 Å². The minimum absolute atomic E-state index is 0.200. The first-order valence-electron chi connectivity index (χ1n) is 9.73. The van der Waals surface area contributed by atoms with E-state index < -0.39 is 11.7 Å². The van der Waals surface area contributed by atoms with E-state index in [0.29, 0.717) is 53.8 Å². The molecule has 164 valence electrons. The molecule has 11 heteroatoms. The summed E-state index contributed by atoms with van der Waals surface area (Å²) < 4.78 is 42.3. The Hall–Kier alpha value is -2.88. The topological polar surface area (TPSA) is 68.3 Å². The molecule has 1 atom stereocenters. The maximum atomic E-state index is 13.1. The summed E-state index contributed by atoms with van der Waals surface area (Å²) in [6.07, 6.45) is 1.06. The van der Waals surface area contributed by atoms with Gasteiger partial charge in [-0.05, 0) is 38.0 Å². The summed E-state index contributed by atoms with van der Waals surface area (Å²) in [5.74, 6) is 0.0100. The fourth-order valence-electron chi connectivity index (χ4n) is 3.84. The van der Waals surface area contributed by atoms with E-state index in [-0.39, 0.29) is 11.8 Å². The summed E-state index contributed by atoms with van der Waals surface area (Å²) >= 11 is 6.20. The fraction of sp³-hybridized carbons (Fsp3) is 0.400. The summed E-state index contributed by atoms with van der Waals surface area (Å²) in [5.41, 5.74) is 0.960. The smallest absolute Gasteiger partial charge is 0.338 e. The Bertz CT molecular complexity index is 1170. The molecular weight excluding hydrogens is 433 g/mol. The van der Waals surface area contributed by atoms with Gasteiger partial charge in [0.1, 0.15) is 11.0 Å². The highest BCUT2D eigenvalue weighted by Gasteiger charge is 2.32. The Morgan fingerprint density at radius 1 is 1.29 bits per heavy atom. The number of alkyl halides is 3. The van der Waals surface area contributed by atoms with Crippen molar-refractivity contribution in [3.05, 3.63) is 52.2 Å². The Balaban J connectivity index is 1.55. The number of nitrogens with zero attached hydrogens (tertiary/aromatic N) is 6. The van der Waals surface area contributed by atoms with Crippen LogP contribution in [0.2, 0.25) is 5.15 Å². The van der Waals surface area contributed by atoms with Crippen molar-refractivity contribution in [2.24, 2.45) is 7.05 Å². The first-order chi connectivity index (χ1) is 14.6. The molecule has 0 aliphatic carbocycles. The zero-order valence-corrected chi connectivity index (χ0v) is 17.7. The number of piperidine rings is 1. The number of hydrogen-bond donors (Lipinski definition) is 0. The van der Waals surface area contributed by atoms with Gasteiger partial charge in [0.05, 0.1) is 11.3 Å². The third kappa shape index (κ3) is 4.16. The number of aryl methyl sites for hydroxylation is 2. The molecule has 1 fully saturated rings. The lowest BCUT2D eigenvalue weighted by Gasteiger charge is -2.31. The van der Waals surface area contributed by atoms with Crippen molar-refractivity contribution in [3.63, 3.8) is 0 Å². The van der Waals surface area contributed by atoms with E-state index >= 15 is 0 Å². The van der Waals surface area contributed by atoms with Gasteiger partial charge in [-0.1, -0.05) is 11.6 Å². The number of rotatable bonds is 3. The number of hydrogen-bond acceptors (Lipinski definition) is 4. The van der Waals surface area contributed by atoms with Crippen molar-refractivity contribution >= 4 is 29.2 Å². The first kappa shape index (κ1) is 21.4. The molecule has 1 amide bonds. The summed E-state index contributed by atoms with van der Waals surface area (Å²) in [5, 5.41) is 12.8. The number of amides is 1. The lowest BCUT2D eigenvalue weighted by Crippen LogP contribution is -2.38. The van der Waals surface area contributed by atoms with Crippen LogP contribution in [0.25, 0.3) is 11.7 Å². The average molecular weight is 453 g/mol. The largest absolute Gasteiger partial charge is 0.417 e. The van der Waals surface area contributed by atoms with Crippen LogP contribution in [0.15, 0.2) is 24.4 Å². The summed E-state index contributed by atoms with van der Waals surface area (Å²) in [4.78, 5) is 14.4. The Kier molecular flexibility index (Phi) is 5.50. The molecule has 1 aliphatic heterocycles. The maximum absolute atomic E-state index is 13.1. The van der Waals surface area contributed by atoms with Crippen molar-refractivity contribution in [3.8, 4) is 0 Å². The molecule has 0 radical (unpaired) electrons. The minimum Gasteiger partial charge on any atom is -0.338 e. The van der Waals surface area contributed by atoms with Gasteiger partial charge >= 0.3 is 6.18 Å². The van der Waals surface area contributed by atoms with Crippen LogP contribution in [0.1, 0.15) is 41.4 Å². The molecular formula is C20H20ClF3N6O. The number of halogens is 4. The maximum Gasteiger partial charge on any atom is 0.417 e. The van der Waals surface area contributed by atoms with Gasteiger partial charge in [0.2, 0.25) is 5.91 Å². The summed E-state index contributed by atoms with van der Waals surface area (Å²) in [6, 6.07) is 2.29. The molecule has 0 bridgehead atoms. The number of pyridine rings is 1. The molecule has 1 saturated heterocycles. The van der Waals surface area contributed by atoms with Gasteiger partial charge in [0.25, 0.3) is 0 Å². The van der Waals surface area contributed by atoms with Gasteiger partial charge in [-0.2, -0.15) is 18.3 Å². The molecule has 0 aromatic carbocycles. The van der Waals surface area contributed by atoms with Crippen LogP contribution in [-0.4, -0.2) is 48.3 Å². The highest BCUT2D eigenvalue weighted by Crippen LogP contribution is 2.31. The number of aromatic nitrogens is 5. The molecule has 1 aliphatic rings. The highest BCUT2D eigenvalue weighted by atomic mass is 35.5. The van der Waals surface area contributed by atoms with Crippen LogP contribution in [-0.2, 0) is 18.0 Å². The van der Waals surface area contributed by atoms with Gasteiger partial charge in [-0.25, -0.2) is 0 Å². The summed E-state index contributed by atoms with van der Waals surface area (Å²) in [6.45, 7) is 2.71. The number of carbonyl (C=O) groups excluding carboxylic acids is 1. The molecule has 7 nitrogen and oxygen atoms in total. The molecule has 0 saturated carbocycles. The van der Waals surface area contributed by atoms with Crippen LogP contribution < -0.4 is 0 Å². The Morgan fingerprint density at radius 2 is 2.06 bits per heavy atom. The number of fused-ring (bicyclic) bond motifs is 1. The fourth-order valence-corrected chi connectivity index (χ4v) is 4.08. The molecule has 0 spiro atoms. The van der Waals surface area contributed by atoms with E-state index in [0.717, 1.165) is 12.3 Å². The highest BCUT2D eigenvalue weighted by molar-refractivity contribution is 6.31. The quantitative estimate of drug-likeness (QED) is 0.566. The second-order valence-corrected chi connectivity index (χ2v) is 7.93. The monoisotopic (exact) mass is 452 g/mol. The van der Waals surface area contributed by atoms with E-state index in [2.05, 4.69) is 15.3 Å². The predicted molar refractivity (Wildman–Crippen MR) is 109 cm³/mol. The van der Waals surface area contributed by atoms with E-state index in [1.165, 1.54) is 21.2 Å². The van der Waals surface area contributed by atoms with Crippen molar-refractivity contribution in [2.45, 2.75) is 31.9 Å². The standard InChI is InChI=1S/C20H20ClF3N6O/c1-12-15(18(21)28(2)27-12)6-8-17(31)29-9-3-4-13(10-29)19-26-25-16-7-5-14(11-30(16)19)20(22,23)24/h5-8,11,13H,3-4,9-10H2,1-2H3/b8-6+. The zero-order valence-electron chi connectivity index (χ0n) is 16.9. The second-order valence-electron chi connectivity index (χ2n) is 7.57. The second kappa shape index (κ2) is 7.99. The normalized spacial score (nSPS) is 17.7. The molecule has 3 aromatic rings. The predicted octanol–water partition coefficient (Wildman–Crippen LogP) is 3.86. The first-order valence-corrected chi connectivity index (χ1v) is 10.1. The van der Waals surface area contributed by atoms with Crippen LogP contribution >= 0.6 is 11.6 Å². The average Bonchev–Trinajstić information content (AvgIpc) is 3.26. The number of likely N-dealkylation sites (tertiary alicyclic amines) is 1. The van der Waals surface area contributed by atoms with Gasteiger partial charge in [0.15, 0.2) is 5.65 Å². The molecule has 31 heavy (non-hydrogen) atoms.